The molecule has 3 rings (SSSR count). The molecule has 3 N–H and O–H groups in total. The summed E-state index contributed by atoms with van der Waals surface area (Å²) in [5.74, 6) is -0.357. The molecule has 0 fully saturated rings. The fraction of sp³-hybridized carbons (Fsp3) is 0.158. The summed E-state index contributed by atoms with van der Waals surface area (Å²) in [7, 11) is 1.44. The number of methoxy groups -OCH3 is 1. The lowest BCUT2D eigenvalue weighted by molar-refractivity contribution is 0.0945. The van der Waals surface area contributed by atoms with Crippen LogP contribution >= 0.6 is 11.6 Å². The van der Waals surface area contributed by atoms with Crippen LogP contribution in [0, 0.1) is 5.82 Å². The van der Waals surface area contributed by atoms with Gasteiger partial charge in [0.05, 0.1) is 36.7 Å². The molecule has 1 aromatic carbocycles. The molecule has 0 bridgehead atoms. The highest BCUT2D eigenvalue weighted by atomic mass is 35.5. The number of aromatic nitrogens is 3. The van der Waals surface area contributed by atoms with Crippen LogP contribution in [0.1, 0.15) is 10.4 Å². The van der Waals surface area contributed by atoms with Crippen LogP contribution in [0.15, 0.2) is 42.9 Å². The number of aliphatic hydroxyl groups is 1. The van der Waals surface area contributed by atoms with Gasteiger partial charge in [0.25, 0.3) is 5.91 Å². The van der Waals surface area contributed by atoms with E-state index in [0.29, 0.717) is 10.7 Å². The number of ether oxygens (including phenoxy) is 1. The third-order valence-corrected chi connectivity index (χ3v) is 4.10. The number of carbonyl (C=O) groups is 1. The van der Waals surface area contributed by atoms with Crippen LogP contribution in [-0.4, -0.2) is 46.2 Å². The predicted molar refractivity (Wildman–Crippen MR) is 106 cm³/mol. The summed E-state index contributed by atoms with van der Waals surface area (Å²) in [4.78, 5) is 24.7. The molecule has 0 aliphatic rings. The van der Waals surface area contributed by atoms with E-state index in [2.05, 4.69) is 25.6 Å². The minimum absolute atomic E-state index is 0.0913. The van der Waals surface area contributed by atoms with E-state index in [1.807, 2.05) is 0 Å². The van der Waals surface area contributed by atoms with Gasteiger partial charge >= 0.3 is 0 Å². The maximum atomic E-state index is 14.2. The molecular formula is C19H17ClFN5O3. The molecule has 2 heterocycles. The number of carbonyl (C=O) groups excluding carboxylic acids is 1. The van der Waals surface area contributed by atoms with Crippen molar-refractivity contribution in [2.24, 2.45) is 0 Å². The molecule has 0 saturated heterocycles. The Bertz CT molecular complexity index is 1030. The van der Waals surface area contributed by atoms with Crippen molar-refractivity contribution >= 4 is 29.0 Å². The number of nitrogens with one attached hydrogen (secondary N) is 2. The topological polar surface area (TPSA) is 109 Å². The second-order valence-electron chi connectivity index (χ2n) is 5.76. The fourth-order valence-electron chi connectivity index (χ4n) is 2.48. The molecule has 150 valence electrons. The Morgan fingerprint density at radius 3 is 2.90 bits per heavy atom. The number of hydrogen-bond donors (Lipinski definition) is 3. The van der Waals surface area contributed by atoms with Crippen LogP contribution < -0.4 is 15.4 Å². The van der Waals surface area contributed by atoms with Gasteiger partial charge in [-0.2, -0.15) is 0 Å². The number of halogens is 2. The molecule has 1 amide bonds. The molecule has 2 aromatic heterocycles. The summed E-state index contributed by atoms with van der Waals surface area (Å²) in [5.41, 5.74) is 0.751. The van der Waals surface area contributed by atoms with Gasteiger partial charge in [0.15, 0.2) is 17.4 Å². The Morgan fingerprint density at radius 1 is 1.31 bits per heavy atom. The van der Waals surface area contributed by atoms with E-state index in [9.17, 15) is 9.18 Å². The van der Waals surface area contributed by atoms with Crippen molar-refractivity contribution < 1.29 is 19.0 Å². The highest BCUT2D eigenvalue weighted by Gasteiger charge is 2.16. The first-order valence-electron chi connectivity index (χ1n) is 8.50. The van der Waals surface area contributed by atoms with Crippen LogP contribution in [0.3, 0.4) is 0 Å². The Labute approximate surface area is 170 Å². The van der Waals surface area contributed by atoms with Crippen molar-refractivity contribution in [3.05, 3.63) is 59.3 Å². The lowest BCUT2D eigenvalue weighted by atomic mass is 10.2. The van der Waals surface area contributed by atoms with Crippen molar-refractivity contribution in [3.63, 3.8) is 0 Å². The number of anilines is 2. The van der Waals surface area contributed by atoms with E-state index in [4.69, 9.17) is 21.4 Å². The predicted octanol–water partition coefficient (Wildman–Crippen LogP) is 2.81. The molecule has 10 heteroatoms. The molecule has 0 aliphatic carbocycles. The zero-order chi connectivity index (χ0) is 20.8. The van der Waals surface area contributed by atoms with Gasteiger partial charge in [-0.3, -0.25) is 9.78 Å². The van der Waals surface area contributed by atoms with Crippen molar-refractivity contribution in [1.29, 1.82) is 0 Å². The Hall–Kier alpha value is -3.30. The largest absolute Gasteiger partial charge is 0.491 e. The van der Waals surface area contributed by atoms with Crippen LogP contribution in [0.5, 0.6) is 5.75 Å². The number of amides is 1. The number of benzene rings is 1. The number of nitrogens with zero attached hydrogens (tertiary/aromatic N) is 3. The SMILES string of the molecule is COc1cnc(-c2cc(Cl)ccc2F)nc1Nc1ccncc1C(=O)NCCO. The summed E-state index contributed by atoms with van der Waals surface area (Å²) in [5, 5.41) is 14.8. The Balaban J connectivity index is 1.99. The number of hydrogen-bond acceptors (Lipinski definition) is 7. The van der Waals surface area contributed by atoms with Gasteiger partial charge in [-0.05, 0) is 24.3 Å². The summed E-state index contributed by atoms with van der Waals surface area (Å²) in [6, 6.07) is 5.65. The molecule has 0 spiro atoms. The van der Waals surface area contributed by atoms with Gasteiger partial charge in [-0.1, -0.05) is 11.6 Å². The lowest BCUT2D eigenvalue weighted by Gasteiger charge is -2.14. The molecule has 0 atom stereocenters. The molecule has 8 nitrogen and oxygen atoms in total. The Kier molecular flexibility index (Phi) is 6.53. The van der Waals surface area contributed by atoms with Gasteiger partial charge in [0.1, 0.15) is 5.82 Å². The molecule has 29 heavy (non-hydrogen) atoms. The van der Waals surface area contributed by atoms with Gasteiger partial charge in [-0.15, -0.1) is 0 Å². The summed E-state index contributed by atoms with van der Waals surface area (Å²) < 4.78 is 19.5. The summed E-state index contributed by atoms with van der Waals surface area (Å²) in [6.45, 7) is -0.0920. The average Bonchev–Trinajstić information content (AvgIpc) is 2.74. The first-order valence-corrected chi connectivity index (χ1v) is 8.88. The van der Waals surface area contributed by atoms with Gasteiger partial charge in [0, 0.05) is 24.0 Å². The average molecular weight is 418 g/mol. The molecule has 0 aliphatic heterocycles. The van der Waals surface area contributed by atoms with E-state index >= 15 is 0 Å². The lowest BCUT2D eigenvalue weighted by Crippen LogP contribution is -2.27. The maximum Gasteiger partial charge on any atom is 0.255 e. The maximum absolute atomic E-state index is 14.2. The smallest absolute Gasteiger partial charge is 0.255 e. The first kappa shape index (κ1) is 20.4. The zero-order valence-corrected chi connectivity index (χ0v) is 16.1. The van der Waals surface area contributed by atoms with Crippen molar-refractivity contribution in [2.45, 2.75) is 0 Å². The van der Waals surface area contributed by atoms with Gasteiger partial charge in [0.2, 0.25) is 0 Å². The highest BCUT2D eigenvalue weighted by Crippen LogP contribution is 2.30. The van der Waals surface area contributed by atoms with Crippen LogP contribution in [0.4, 0.5) is 15.9 Å². The first-order chi connectivity index (χ1) is 14.0. The van der Waals surface area contributed by atoms with E-state index in [0.717, 1.165) is 0 Å². The number of rotatable bonds is 7. The molecule has 0 unspecified atom stereocenters. The minimum atomic E-state index is -0.529. The molecule has 3 aromatic rings. The second-order valence-corrected chi connectivity index (χ2v) is 6.20. The van der Waals surface area contributed by atoms with Gasteiger partial charge < -0.3 is 20.5 Å². The zero-order valence-electron chi connectivity index (χ0n) is 15.3. The van der Waals surface area contributed by atoms with Crippen molar-refractivity contribution in [1.82, 2.24) is 20.3 Å². The third kappa shape index (κ3) is 4.76. The third-order valence-electron chi connectivity index (χ3n) is 3.86. The van der Waals surface area contributed by atoms with E-state index < -0.39 is 11.7 Å². The van der Waals surface area contributed by atoms with Crippen LogP contribution in [0.2, 0.25) is 5.02 Å². The second kappa shape index (κ2) is 9.26. The van der Waals surface area contributed by atoms with Gasteiger partial charge in [-0.25, -0.2) is 14.4 Å². The normalized spacial score (nSPS) is 10.5. The quantitative estimate of drug-likeness (QED) is 0.542. The Morgan fingerprint density at radius 2 is 2.14 bits per heavy atom. The minimum Gasteiger partial charge on any atom is -0.491 e. The van der Waals surface area contributed by atoms with Crippen molar-refractivity contribution in [3.8, 4) is 17.1 Å². The molecule has 0 radical (unpaired) electrons. The van der Waals surface area contributed by atoms with Crippen LogP contribution in [-0.2, 0) is 0 Å². The highest BCUT2D eigenvalue weighted by molar-refractivity contribution is 6.30. The standard InChI is InChI=1S/C19H17ClFN5O3/c1-29-16-10-24-17(12-8-11(20)2-3-14(12)21)26-18(16)25-15-4-5-22-9-13(15)19(28)23-6-7-27/h2-5,8-10,27H,6-7H2,1H3,(H,23,28)(H,22,24,25,26). The van der Waals surface area contributed by atoms with Crippen LogP contribution in [0.25, 0.3) is 11.4 Å². The molecular weight excluding hydrogens is 401 g/mol. The monoisotopic (exact) mass is 417 g/mol. The van der Waals surface area contributed by atoms with E-state index in [-0.39, 0.29) is 41.7 Å². The summed E-state index contributed by atoms with van der Waals surface area (Å²) in [6.07, 6.45) is 4.26. The molecule has 0 saturated carbocycles. The summed E-state index contributed by atoms with van der Waals surface area (Å²) >= 11 is 5.96. The van der Waals surface area contributed by atoms with E-state index in [1.54, 1.807) is 6.07 Å². The number of pyridine rings is 1. The van der Waals surface area contributed by atoms with Crippen molar-refractivity contribution in [2.75, 3.05) is 25.6 Å². The van der Waals surface area contributed by atoms with E-state index in [1.165, 1.54) is 43.9 Å². The number of aliphatic hydroxyl groups excluding tert-OH is 1. The fourth-order valence-corrected chi connectivity index (χ4v) is 2.66.